The Bertz CT molecular complexity index is 846. The van der Waals surface area contributed by atoms with Crippen LogP contribution in [-0.2, 0) is 4.79 Å². The highest BCUT2D eigenvalue weighted by Crippen LogP contribution is 2.47. The first-order valence-corrected chi connectivity index (χ1v) is 7.87. The Balaban J connectivity index is 1.48. The van der Waals surface area contributed by atoms with Crippen molar-refractivity contribution in [2.24, 2.45) is 5.92 Å². The van der Waals surface area contributed by atoms with Gasteiger partial charge in [0.25, 0.3) is 0 Å². The van der Waals surface area contributed by atoms with Gasteiger partial charge in [-0.15, -0.1) is 0 Å². The summed E-state index contributed by atoms with van der Waals surface area (Å²) in [4.78, 5) is 23.8. The summed E-state index contributed by atoms with van der Waals surface area (Å²) in [6.45, 7) is 0. The molecule has 1 amide bonds. The fraction of sp³-hybridized carbons (Fsp3) is 0.188. The molecule has 0 spiro atoms. The molecule has 4 rings (SSSR count). The number of amides is 1. The molecule has 0 bridgehead atoms. The number of carbonyl (C=O) groups excluding carboxylic acids is 1. The molecule has 0 saturated heterocycles. The summed E-state index contributed by atoms with van der Waals surface area (Å²) in [7, 11) is 0. The molecule has 5 nitrogen and oxygen atoms in total. The van der Waals surface area contributed by atoms with Crippen LogP contribution in [0.1, 0.15) is 17.9 Å². The summed E-state index contributed by atoms with van der Waals surface area (Å²) in [5.41, 5.74) is 2.60. The van der Waals surface area contributed by atoms with Crippen molar-refractivity contribution >= 4 is 38.9 Å². The van der Waals surface area contributed by atoms with Gasteiger partial charge in [0.1, 0.15) is 0 Å². The average Bonchev–Trinajstić information content (AvgIpc) is 3.23. The summed E-state index contributed by atoms with van der Waals surface area (Å²) in [6.07, 6.45) is 2.57. The van der Waals surface area contributed by atoms with E-state index >= 15 is 0 Å². The zero-order chi connectivity index (χ0) is 15.1. The Morgan fingerprint density at radius 1 is 1.32 bits per heavy atom. The van der Waals surface area contributed by atoms with Crippen LogP contribution in [0.3, 0.4) is 0 Å². The summed E-state index contributed by atoms with van der Waals surface area (Å²) in [6, 6.07) is 12.0. The number of carbonyl (C=O) groups is 1. The Morgan fingerprint density at radius 3 is 2.95 bits per heavy atom. The van der Waals surface area contributed by atoms with Crippen LogP contribution in [0.25, 0.3) is 11.2 Å². The predicted octanol–water partition coefficient (Wildman–Crippen LogP) is 3.46. The minimum atomic E-state index is 0.00646. The molecule has 1 aromatic carbocycles. The zero-order valence-corrected chi connectivity index (χ0v) is 13.2. The van der Waals surface area contributed by atoms with Crippen molar-refractivity contribution in [1.29, 1.82) is 0 Å². The number of anilines is 1. The lowest BCUT2D eigenvalue weighted by molar-refractivity contribution is -0.117. The monoisotopic (exact) mass is 356 g/mol. The summed E-state index contributed by atoms with van der Waals surface area (Å²) >= 11 is 3.36. The van der Waals surface area contributed by atoms with Crippen LogP contribution >= 0.6 is 15.9 Å². The molecule has 2 unspecified atom stereocenters. The van der Waals surface area contributed by atoms with E-state index in [9.17, 15) is 4.79 Å². The predicted molar refractivity (Wildman–Crippen MR) is 87.5 cm³/mol. The van der Waals surface area contributed by atoms with Gasteiger partial charge in [0.15, 0.2) is 5.65 Å². The lowest BCUT2D eigenvalue weighted by Gasteiger charge is -2.01. The van der Waals surface area contributed by atoms with Gasteiger partial charge in [0.2, 0.25) is 11.9 Å². The van der Waals surface area contributed by atoms with Gasteiger partial charge in [-0.1, -0.05) is 30.3 Å². The molecule has 2 atom stereocenters. The first-order valence-electron chi connectivity index (χ1n) is 7.08. The van der Waals surface area contributed by atoms with Gasteiger partial charge in [-0.25, -0.2) is 4.98 Å². The molecule has 1 aliphatic rings. The van der Waals surface area contributed by atoms with Gasteiger partial charge in [0, 0.05) is 16.6 Å². The number of imidazole rings is 1. The standard InChI is InChI=1S/C16H13BrN4O/c17-10-6-13-14(18-8-10)20-16(19-13)21-15(22)12-7-11(12)9-4-2-1-3-5-9/h1-6,8,11-12H,7H2,(H2,18,19,20,21,22). The summed E-state index contributed by atoms with van der Waals surface area (Å²) < 4.78 is 0.868. The highest BCUT2D eigenvalue weighted by Gasteiger charge is 2.44. The molecular weight excluding hydrogens is 344 g/mol. The van der Waals surface area contributed by atoms with Crippen molar-refractivity contribution < 1.29 is 4.79 Å². The molecule has 3 aromatic rings. The van der Waals surface area contributed by atoms with Crippen LogP contribution in [0.2, 0.25) is 0 Å². The van der Waals surface area contributed by atoms with Crippen molar-refractivity contribution in [3.8, 4) is 0 Å². The third-order valence-electron chi connectivity index (χ3n) is 3.90. The SMILES string of the molecule is O=C(Nc1nc2ncc(Br)cc2[nH]1)C1CC1c1ccccc1. The van der Waals surface area contributed by atoms with Crippen LogP contribution in [0, 0.1) is 5.92 Å². The second-order valence-electron chi connectivity index (χ2n) is 5.46. The topological polar surface area (TPSA) is 70.7 Å². The van der Waals surface area contributed by atoms with Crippen LogP contribution in [-0.4, -0.2) is 20.9 Å². The average molecular weight is 357 g/mol. The fourth-order valence-electron chi connectivity index (χ4n) is 2.70. The number of rotatable bonds is 3. The smallest absolute Gasteiger partial charge is 0.230 e. The molecule has 1 fully saturated rings. The maximum absolute atomic E-state index is 12.3. The first kappa shape index (κ1) is 13.5. The second-order valence-corrected chi connectivity index (χ2v) is 6.37. The van der Waals surface area contributed by atoms with Gasteiger partial charge in [-0.2, -0.15) is 4.98 Å². The zero-order valence-electron chi connectivity index (χ0n) is 11.6. The lowest BCUT2D eigenvalue weighted by atomic mass is 10.1. The van der Waals surface area contributed by atoms with Crippen LogP contribution in [0.4, 0.5) is 5.95 Å². The quantitative estimate of drug-likeness (QED) is 0.754. The van der Waals surface area contributed by atoms with Gasteiger partial charge < -0.3 is 4.98 Å². The van der Waals surface area contributed by atoms with Gasteiger partial charge in [0.05, 0.1) is 5.52 Å². The number of aromatic amines is 1. The number of pyridine rings is 1. The maximum atomic E-state index is 12.3. The highest BCUT2D eigenvalue weighted by molar-refractivity contribution is 9.10. The molecule has 2 aromatic heterocycles. The number of nitrogens with one attached hydrogen (secondary N) is 2. The number of nitrogens with zero attached hydrogens (tertiary/aromatic N) is 2. The molecule has 22 heavy (non-hydrogen) atoms. The number of aromatic nitrogens is 3. The number of benzene rings is 1. The first-order chi connectivity index (χ1) is 10.7. The molecule has 1 aliphatic carbocycles. The van der Waals surface area contributed by atoms with Crippen molar-refractivity contribution in [2.45, 2.75) is 12.3 Å². The Morgan fingerprint density at radius 2 is 2.14 bits per heavy atom. The van der Waals surface area contributed by atoms with E-state index in [2.05, 4.69) is 48.3 Å². The normalized spacial score (nSPS) is 20.0. The van der Waals surface area contributed by atoms with Crippen LogP contribution < -0.4 is 5.32 Å². The molecular formula is C16H13BrN4O. The number of H-pyrrole nitrogens is 1. The second kappa shape index (κ2) is 5.21. The number of halogens is 1. The molecule has 1 saturated carbocycles. The minimum absolute atomic E-state index is 0.00646. The van der Waals surface area contributed by atoms with Crippen molar-refractivity contribution in [3.05, 3.63) is 52.6 Å². The summed E-state index contributed by atoms with van der Waals surface area (Å²) in [5.74, 6) is 0.796. The molecule has 0 aliphatic heterocycles. The highest BCUT2D eigenvalue weighted by atomic mass is 79.9. The van der Waals surface area contributed by atoms with Gasteiger partial charge >= 0.3 is 0 Å². The Kier molecular flexibility index (Phi) is 3.18. The van der Waals surface area contributed by atoms with E-state index in [4.69, 9.17) is 0 Å². The van der Waals surface area contributed by atoms with Gasteiger partial charge in [-0.05, 0) is 39.9 Å². The van der Waals surface area contributed by atoms with E-state index in [1.807, 2.05) is 24.3 Å². The van der Waals surface area contributed by atoms with Crippen molar-refractivity contribution in [2.75, 3.05) is 5.32 Å². The van der Waals surface area contributed by atoms with Crippen molar-refractivity contribution in [1.82, 2.24) is 15.0 Å². The number of hydrogen-bond acceptors (Lipinski definition) is 3. The Hall–Kier alpha value is -2.21. The van der Waals surface area contributed by atoms with E-state index in [1.54, 1.807) is 6.20 Å². The van der Waals surface area contributed by atoms with E-state index in [-0.39, 0.29) is 11.8 Å². The molecule has 2 heterocycles. The largest absolute Gasteiger partial charge is 0.322 e. The third-order valence-corrected chi connectivity index (χ3v) is 4.33. The van der Waals surface area contributed by atoms with E-state index < -0.39 is 0 Å². The van der Waals surface area contributed by atoms with Crippen LogP contribution in [0.15, 0.2) is 47.1 Å². The van der Waals surface area contributed by atoms with E-state index in [1.165, 1.54) is 5.56 Å². The molecule has 2 N–H and O–H groups in total. The third kappa shape index (κ3) is 2.50. The van der Waals surface area contributed by atoms with Crippen LogP contribution in [0.5, 0.6) is 0 Å². The molecule has 6 heteroatoms. The number of hydrogen-bond donors (Lipinski definition) is 2. The lowest BCUT2D eigenvalue weighted by Crippen LogP contribution is -2.15. The Labute approximate surface area is 135 Å². The van der Waals surface area contributed by atoms with Gasteiger partial charge in [-0.3, -0.25) is 10.1 Å². The minimum Gasteiger partial charge on any atom is -0.322 e. The summed E-state index contributed by atoms with van der Waals surface area (Å²) in [5, 5.41) is 2.85. The van der Waals surface area contributed by atoms with E-state index in [0.29, 0.717) is 17.5 Å². The number of fused-ring (bicyclic) bond motifs is 1. The fourth-order valence-corrected chi connectivity index (χ4v) is 3.03. The van der Waals surface area contributed by atoms with E-state index in [0.717, 1.165) is 16.4 Å². The molecule has 0 radical (unpaired) electrons. The van der Waals surface area contributed by atoms with Crippen molar-refractivity contribution in [3.63, 3.8) is 0 Å². The maximum Gasteiger partial charge on any atom is 0.230 e. The molecule has 110 valence electrons.